The van der Waals surface area contributed by atoms with E-state index in [-0.39, 0.29) is 6.03 Å². The van der Waals surface area contributed by atoms with E-state index in [0.29, 0.717) is 0 Å². The summed E-state index contributed by atoms with van der Waals surface area (Å²) in [7, 11) is 0. The van der Waals surface area contributed by atoms with Gasteiger partial charge in [-0.25, -0.2) is 14.0 Å². The first-order chi connectivity index (χ1) is 5.18. The molecular formula is C4H5ClN4O2. The van der Waals surface area contributed by atoms with E-state index in [2.05, 4.69) is 16.0 Å². The maximum atomic E-state index is 10.8. The van der Waals surface area contributed by atoms with Gasteiger partial charge in [0.15, 0.2) is 6.17 Å². The molecule has 0 aromatic carbocycles. The second-order valence-electron chi connectivity index (χ2n) is 2.30. The zero-order valence-corrected chi connectivity index (χ0v) is 6.05. The average molecular weight is 177 g/mol. The maximum absolute atomic E-state index is 10.8. The molecule has 0 radical (unpaired) electrons. The van der Waals surface area contributed by atoms with E-state index in [0.717, 1.165) is 4.42 Å². The van der Waals surface area contributed by atoms with Crippen molar-refractivity contribution in [1.82, 2.24) is 20.4 Å². The van der Waals surface area contributed by atoms with Crippen molar-refractivity contribution in [1.29, 1.82) is 0 Å². The number of nitrogens with zero attached hydrogens (tertiary/aromatic N) is 1. The molecule has 0 bridgehead atoms. The lowest BCUT2D eigenvalue weighted by Crippen LogP contribution is -2.39. The smallest absolute Gasteiger partial charge is 0.314 e. The maximum Gasteiger partial charge on any atom is 0.335 e. The monoisotopic (exact) mass is 176 g/mol. The van der Waals surface area contributed by atoms with Crippen LogP contribution in [0.5, 0.6) is 0 Å². The molecule has 6 nitrogen and oxygen atoms in total. The van der Waals surface area contributed by atoms with Gasteiger partial charge in [-0.15, -0.1) is 0 Å². The number of halogens is 1. The van der Waals surface area contributed by atoms with Crippen LogP contribution in [0, 0.1) is 0 Å². The van der Waals surface area contributed by atoms with Gasteiger partial charge in [-0.3, -0.25) is 0 Å². The number of rotatable bonds is 0. The van der Waals surface area contributed by atoms with Crippen LogP contribution in [0.3, 0.4) is 0 Å². The molecule has 2 heterocycles. The van der Waals surface area contributed by atoms with E-state index >= 15 is 0 Å². The SMILES string of the molecule is O=C1NC2NC(=O)N(Cl)C2N1. The molecule has 0 spiro atoms. The number of fused-ring (bicyclic) bond motifs is 1. The quantitative estimate of drug-likeness (QED) is 0.420. The number of hydrogen-bond donors (Lipinski definition) is 3. The minimum Gasteiger partial charge on any atom is -0.314 e. The highest BCUT2D eigenvalue weighted by atomic mass is 35.5. The summed E-state index contributed by atoms with van der Waals surface area (Å²) >= 11 is 5.50. The number of amides is 4. The van der Waals surface area contributed by atoms with Crippen molar-refractivity contribution >= 4 is 23.8 Å². The molecule has 0 saturated carbocycles. The predicted molar refractivity (Wildman–Crippen MR) is 35.5 cm³/mol. The van der Waals surface area contributed by atoms with E-state index in [9.17, 15) is 9.59 Å². The average Bonchev–Trinajstić information content (AvgIpc) is 2.37. The van der Waals surface area contributed by atoms with Gasteiger partial charge in [0, 0.05) is 11.8 Å². The lowest BCUT2D eigenvalue weighted by atomic mass is 10.4. The van der Waals surface area contributed by atoms with Crippen molar-refractivity contribution in [3.63, 3.8) is 0 Å². The van der Waals surface area contributed by atoms with E-state index in [1.54, 1.807) is 0 Å². The van der Waals surface area contributed by atoms with Crippen LogP contribution in [0.25, 0.3) is 0 Å². The van der Waals surface area contributed by atoms with Crippen molar-refractivity contribution < 1.29 is 9.59 Å². The van der Waals surface area contributed by atoms with Crippen LogP contribution in [-0.2, 0) is 0 Å². The Morgan fingerprint density at radius 2 is 2.00 bits per heavy atom. The van der Waals surface area contributed by atoms with E-state index < -0.39 is 18.4 Å². The molecule has 2 fully saturated rings. The van der Waals surface area contributed by atoms with Gasteiger partial charge in [-0.2, -0.15) is 0 Å². The molecule has 0 aliphatic carbocycles. The summed E-state index contributed by atoms with van der Waals surface area (Å²) in [4.78, 5) is 21.4. The molecule has 7 heteroatoms. The first-order valence-corrected chi connectivity index (χ1v) is 3.35. The van der Waals surface area contributed by atoms with Crippen LogP contribution >= 0.6 is 11.8 Å². The molecule has 2 saturated heterocycles. The van der Waals surface area contributed by atoms with Crippen molar-refractivity contribution in [2.24, 2.45) is 0 Å². The van der Waals surface area contributed by atoms with Crippen molar-refractivity contribution in [2.45, 2.75) is 12.3 Å². The molecule has 4 amide bonds. The Labute approximate surface area is 67.0 Å². The van der Waals surface area contributed by atoms with E-state index in [1.165, 1.54) is 0 Å². The number of nitrogens with one attached hydrogen (secondary N) is 3. The third kappa shape index (κ3) is 0.790. The molecule has 2 atom stereocenters. The van der Waals surface area contributed by atoms with Crippen LogP contribution in [0.4, 0.5) is 9.59 Å². The first kappa shape index (κ1) is 6.53. The second kappa shape index (κ2) is 1.91. The molecular weight excluding hydrogens is 172 g/mol. The Morgan fingerprint density at radius 1 is 1.27 bits per heavy atom. The van der Waals surface area contributed by atoms with Crippen LogP contribution < -0.4 is 16.0 Å². The molecule has 60 valence electrons. The summed E-state index contributed by atoms with van der Waals surface area (Å²) in [6.45, 7) is 0. The summed E-state index contributed by atoms with van der Waals surface area (Å²) in [6, 6.07) is -0.736. The normalized spacial score (nSPS) is 34.5. The fourth-order valence-electron chi connectivity index (χ4n) is 1.10. The highest BCUT2D eigenvalue weighted by molar-refractivity contribution is 6.22. The number of urea groups is 2. The Hall–Kier alpha value is -1.17. The van der Waals surface area contributed by atoms with E-state index in [1.807, 2.05) is 0 Å². The lowest BCUT2D eigenvalue weighted by molar-refractivity contribution is 0.226. The fraction of sp³-hybridized carbons (Fsp3) is 0.500. The Balaban J connectivity index is 2.19. The molecule has 3 N–H and O–H groups in total. The van der Waals surface area contributed by atoms with Gasteiger partial charge in [0.05, 0.1) is 0 Å². The molecule has 2 unspecified atom stereocenters. The third-order valence-corrected chi connectivity index (χ3v) is 1.96. The number of carbonyl (C=O) groups excluding carboxylic acids is 2. The van der Waals surface area contributed by atoms with Crippen molar-refractivity contribution in [3.05, 3.63) is 0 Å². The van der Waals surface area contributed by atoms with Crippen LogP contribution in [0.2, 0.25) is 0 Å². The van der Waals surface area contributed by atoms with Gasteiger partial charge < -0.3 is 16.0 Å². The largest absolute Gasteiger partial charge is 0.335 e. The molecule has 2 aliphatic rings. The van der Waals surface area contributed by atoms with Gasteiger partial charge in [-0.05, 0) is 0 Å². The molecule has 0 aromatic rings. The van der Waals surface area contributed by atoms with Gasteiger partial charge in [-0.1, -0.05) is 0 Å². The van der Waals surface area contributed by atoms with Crippen LogP contribution in [0.15, 0.2) is 0 Å². The number of carbonyl (C=O) groups is 2. The predicted octanol–water partition coefficient (Wildman–Crippen LogP) is -0.870. The summed E-state index contributed by atoms with van der Waals surface area (Å²) in [5.74, 6) is 0. The van der Waals surface area contributed by atoms with Gasteiger partial charge in [0.2, 0.25) is 0 Å². The zero-order chi connectivity index (χ0) is 8.01. The highest BCUT2D eigenvalue weighted by Crippen LogP contribution is 2.15. The van der Waals surface area contributed by atoms with Gasteiger partial charge >= 0.3 is 12.1 Å². The van der Waals surface area contributed by atoms with Crippen LogP contribution in [-0.4, -0.2) is 28.8 Å². The molecule has 2 rings (SSSR count). The zero-order valence-electron chi connectivity index (χ0n) is 5.30. The summed E-state index contributed by atoms with van der Waals surface area (Å²) < 4.78 is 0.919. The van der Waals surface area contributed by atoms with Crippen molar-refractivity contribution in [2.75, 3.05) is 0 Å². The molecule has 11 heavy (non-hydrogen) atoms. The summed E-state index contributed by atoms with van der Waals surface area (Å²) in [6.07, 6.45) is -0.885. The highest BCUT2D eigenvalue weighted by Gasteiger charge is 2.45. The minimum atomic E-state index is -0.475. The summed E-state index contributed by atoms with van der Waals surface area (Å²) in [5.41, 5.74) is 0. The lowest BCUT2D eigenvalue weighted by Gasteiger charge is -2.10. The number of hydrogen-bond acceptors (Lipinski definition) is 2. The Morgan fingerprint density at radius 3 is 2.64 bits per heavy atom. The van der Waals surface area contributed by atoms with Crippen LogP contribution in [0.1, 0.15) is 0 Å². The third-order valence-electron chi connectivity index (χ3n) is 1.60. The second-order valence-corrected chi connectivity index (χ2v) is 2.67. The fourth-order valence-corrected chi connectivity index (χ4v) is 1.31. The van der Waals surface area contributed by atoms with Crippen molar-refractivity contribution in [3.8, 4) is 0 Å². The van der Waals surface area contributed by atoms with Gasteiger partial charge in [0.1, 0.15) is 6.17 Å². The Kier molecular flexibility index (Phi) is 1.14. The molecule has 0 aromatic heterocycles. The van der Waals surface area contributed by atoms with E-state index in [4.69, 9.17) is 11.8 Å². The Bertz CT molecular complexity index is 232. The first-order valence-electron chi connectivity index (χ1n) is 3.01. The standard InChI is InChI=1S/C4H5ClN4O2/c5-9-2-1(7-4(9)11)6-3(10)8-2/h1-2H,(H,7,11)(H2,6,8,10). The summed E-state index contributed by atoms with van der Waals surface area (Å²) in [5, 5.41) is 7.38. The molecule has 2 aliphatic heterocycles. The topological polar surface area (TPSA) is 73.5 Å². The van der Waals surface area contributed by atoms with Gasteiger partial charge in [0.25, 0.3) is 0 Å². The minimum absolute atomic E-state index is 0.328.